The molecule has 1 aliphatic rings. The maximum absolute atomic E-state index is 13.2. The molecule has 100 valence electrons. The van der Waals surface area contributed by atoms with E-state index in [0.29, 0.717) is 10.5 Å². The summed E-state index contributed by atoms with van der Waals surface area (Å²) in [7, 11) is 0. The normalized spacial score (nSPS) is 21.6. The lowest BCUT2D eigenvalue weighted by Gasteiger charge is -2.19. The second-order valence-corrected chi connectivity index (χ2v) is 5.69. The van der Waals surface area contributed by atoms with Crippen molar-refractivity contribution in [3.8, 4) is 0 Å². The number of hydrogen-bond acceptors (Lipinski definition) is 2. The fourth-order valence-corrected chi connectivity index (χ4v) is 2.82. The van der Waals surface area contributed by atoms with Crippen LogP contribution in [0.2, 0.25) is 0 Å². The molecule has 2 nitrogen and oxygen atoms in total. The van der Waals surface area contributed by atoms with Gasteiger partial charge >= 0.3 is 0 Å². The molecule has 18 heavy (non-hydrogen) atoms. The third-order valence-corrected chi connectivity index (χ3v) is 4.17. The van der Waals surface area contributed by atoms with E-state index in [0.717, 1.165) is 25.2 Å². The van der Waals surface area contributed by atoms with E-state index in [-0.39, 0.29) is 5.82 Å². The van der Waals surface area contributed by atoms with Crippen molar-refractivity contribution in [3.05, 3.63) is 28.5 Å². The lowest BCUT2D eigenvalue weighted by Crippen LogP contribution is -2.26. The summed E-state index contributed by atoms with van der Waals surface area (Å²) >= 11 is 3.22. The first-order valence-electron chi connectivity index (χ1n) is 6.63. The fourth-order valence-electron chi connectivity index (χ4n) is 2.44. The molecule has 1 fully saturated rings. The number of benzene rings is 1. The minimum atomic E-state index is -0.210. The number of nitrogens with zero attached hydrogens (tertiary/aromatic N) is 1. The summed E-state index contributed by atoms with van der Waals surface area (Å²) < 4.78 is 13.7. The van der Waals surface area contributed by atoms with E-state index in [9.17, 15) is 4.39 Å². The van der Waals surface area contributed by atoms with Crippen molar-refractivity contribution < 1.29 is 4.39 Å². The quantitative estimate of drug-likeness (QED) is 0.911. The van der Waals surface area contributed by atoms with Crippen LogP contribution in [-0.2, 0) is 0 Å². The van der Waals surface area contributed by atoms with Crippen molar-refractivity contribution in [3.63, 3.8) is 0 Å². The molecule has 1 aromatic rings. The van der Waals surface area contributed by atoms with Crippen LogP contribution in [0.4, 0.5) is 10.1 Å². The van der Waals surface area contributed by atoms with Crippen LogP contribution in [0.25, 0.3) is 0 Å². The summed E-state index contributed by atoms with van der Waals surface area (Å²) in [6.45, 7) is 5.69. The van der Waals surface area contributed by atoms with Crippen LogP contribution in [0.3, 0.4) is 0 Å². The molecule has 1 aromatic carbocycles. The molecule has 1 unspecified atom stereocenters. The lowest BCUT2D eigenvalue weighted by molar-refractivity contribution is 0.300. The maximum atomic E-state index is 13.2. The van der Waals surface area contributed by atoms with Crippen LogP contribution in [0.5, 0.6) is 0 Å². The monoisotopic (exact) mass is 314 g/mol. The molecule has 1 atom stereocenters. The third kappa shape index (κ3) is 3.69. The van der Waals surface area contributed by atoms with Gasteiger partial charge in [-0.15, -0.1) is 0 Å². The zero-order valence-electron chi connectivity index (χ0n) is 10.8. The van der Waals surface area contributed by atoms with Crippen molar-refractivity contribution in [1.82, 2.24) is 4.90 Å². The third-order valence-electron chi connectivity index (χ3n) is 3.56. The highest BCUT2D eigenvalue weighted by molar-refractivity contribution is 9.10. The van der Waals surface area contributed by atoms with Gasteiger partial charge in [0, 0.05) is 18.3 Å². The Kier molecular flexibility index (Phi) is 5.01. The number of hydrogen-bond donors (Lipinski definition) is 1. The molecule has 1 saturated heterocycles. The summed E-state index contributed by atoms with van der Waals surface area (Å²) in [5, 5.41) is 3.51. The Labute approximate surface area is 117 Å². The fraction of sp³-hybridized carbons (Fsp3) is 0.571. The van der Waals surface area contributed by atoms with Gasteiger partial charge < -0.3 is 10.2 Å². The van der Waals surface area contributed by atoms with Gasteiger partial charge in [-0.1, -0.05) is 6.92 Å². The Hall–Kier alpha value is -0.610. The largest absolute Gasteiger partial charge is 0.382 e. The van der Waals surface area contributed by atoms with Crippen LogP contribution >= 0.6 is 15.9 Å². The molecule has 4 heteroatoms. The zero-order valence-corrected chi connectivity index (χ0v) is 12.3. The van der Waals surface area contributed by atoms with Gasteiger partial charge in [-0.05, 0) is 66.5 Å². The standard InChI is InChI=1S/C14H20BrFN2/c1-2-18-8-3-4-11(7-9-18)17-12-5-6-14(16)13(15)10-12/h5-6,10-11,17H,2-4,7-9H2,1H3. The summed E-state index contributed by atoms with van der Waals surface area (Å²) in [6.07, 6.45) is 3.57. The Bertz CT molecular complexity index is 397. The molecule has 0 bridgehead atoms. The number of likely N-dealkylation sites (tertiary alicyclic amines) is 1. The van der Waals surface area contributed by atoms with Gasteiger partial charge in [0.25, 0.3) is 0 Å². The van der Waals surface area contributed by atoms with Crippen molar-refractivity contribution in [2.45, 2.75) is 32.2 Å². The van der Waals surface area contributed by atoms with E-state index in [1.54, 1.807) is 0 Å². The molecule has 1 N–H and O–H groups in total. The highest BCUT2D eigenvalue weighted by Crippen LogP contribution is 2.22. The van der Waals surface area contributed by atoms with Gasteiger partial charge in [0.15, 0.2) is 0 Å². The van der Waals surface area contributed by atoms with Crippen molar-refractivity contribution in [1.29, 1.82) is 0 Å². The predicted molar refractivity (Wildman–Crippen MR) is 77.5 cm³/mol. The van der Waals surface area contributed by atoms with Crippen LogP contribution in [0, 0.1) is 5.82 Å². The van der Waals surface area contributed by atoms with Gasteiger partial charge in [-0.2, -0.15) is 0 Å². The van der Waals surface area contributed by atoms with E-state index in [4.69, 9.17) is 0 Å². The lowest BCUT2D eigenvalue weighted by atomic mass is 10.1. The number of anilines is 1. The average molecular weight is 315 g/mol. The molecule has 0 spiro atoms. The van der Waals surface area contributed by atoms with E-state index >= 15 is 0 Å². The summed E-state index contributed by atoms with van der Waals surface area (Å²) in [5.41, 5.74) is 0.998. The van der Waals surface area contributed by atoms with Crippen LogP contribution in [0.15, 0.2) is 22.7 Å². The van der Waals surface area contributed by atoms with Gasteiger partial charge in [-0.3, -0.25) is 0 Å². The van der Waals surface area contributed by atoms with Crippen LogP contribution in [0.1, 0.15) is 26.2 Å². The number of rotatable bonds is 3. The first kappa shape index (κ1) is 13.8. The van der Waals surface area contributed by atoms with E-state index in [1.807, 2.05) is 12.1 Å². The molecule has 1 heterocycles. The van der Waals surface area contributed by atoms with E-state index in [2.05, 4.69) is 33.1 Å². The van der Waals surface area contributed by atoms with Gasteiger partial charge in [0.05, 0.1) is 4.47 Å². The smallest absolute Gasteiger partial charge is 0.137 e. The topological polar surface area (TPSA) is 15.3 Å². The molecule has 1 aliphatic heterocycles. The molecular weight excluding hydrogens is 295 g/mol. The summed E-state index contributed by atoms with van der Waals surface area (Å²) in [6, 6.07) is 5.63. The number of nitrogens with one attached hydrogen (secondary N) is 1. The maximum Gasteiger partial charge on any atom is 0.137 e. The second-order valence-electron chi connectivity index (χ2n) is 4.84. The van der Waals surface area contributed by atoms with Crippen LogP contribution < -0.4 is 5.32 Å². The minimum absolute atomic E-state index is 0.210. The van der Waals surface area contributed by atoms with Gasteiger partial charge in [-0.25, -0.2) is 4.39 Å². The minimum Gasteiger partial charge on any atom is -0.382 e. The Morgan fingerprint density at radius 1 is 1.39 bits per heavy atom. The van der Waals surface area contributed by atoms with Gasteiger partial charge in [0.1, 0.15) is 5.82 Å². The molecule has 0 aliphatic carbocycles. The highest BCUT2D eigenvalue weighted by atomic mass is 79.9. The molecule has 0 amide bonds. The van der Waals surface area contributed by atoms with Gasteiger partial charge in [0.2, 0.25) is 0 Å². The molecule has 2 rings (SSSR count). The number of halogens is 2. The summed E-state index contributed by atoms with van der Waals surface area (Å²) in [5.74, 6) is -0.210. The Morgan fingerprint density at radius 2 is 2.22 bits per heavy atom. The van der Waals surface area contributed by atoms with Crippen LogP contribution in [-0.4, -0.2) is 30.6 Å². The SMILES string of the molecule is CCN1CCCC(Nc2ccc(F)c(Br)c2)CC1. The van der Waals surface area contributed by atoms with Crippen molar-refractivity contribution >= 4 is 21.6 Å². The van der Waals surface area contributed by atoms with E-state index < -0.39 is 0 Å². The summed E-state index contributed by atoms with van der Waals surface area (Å²) in [4.78, 5) is 2.49. The first-order chi connectivity index (χ1) is 8.69. The zero-order chi connectivity index (χ0) is 13.0. The molecule has 0 aromatic heterocycles. The highest BCUT2D eigenvalue weighted by Gasteiger charge is 2.15. The van der Waals surface area contributed by atoms with E-state index in [1.165, 1.54) is 25.5 Å². The predicted octanol–water partition coefficient (Wildman–Crippen LogP) is 3.87. The molecule has 0 radical (unpaired) electrons. The first-order valence-corrected chi connectivity index (χ1v) is 7.42. The second kappa shape index (κ2) is 6.53. The van der Waals surface area contributed by atoms with Crippen molar-refractivity contribution in [2.24, 2.45) is 0 Å². The Balaban J connectivity index is 1.94. The van der Waals surface area contributed by atoms with Crippen molar-refractivity contribution in [2.75, 3.05) is 25.0 Å². The molecular formula is C14H20BrFN2. The molecule has 0 saturated carbocycles. The average Bonchev–Trinajstić information content (AvgIpc) is 2.59. The Morgan fingerprint density at radius 3 is 2.94 bits per heavy atom.